The summed E-state index contributed by atoms with van der Waals surface area (Å²) in [4.78, 5) is 7.66. The van der Waals surface area contributed by atoms with Gasteiger partial charge in [0.05, 0.1) is 0 Å². The Bertz CT molecular complexity index is 642. The number of benzene rings is 1. The Morgan fingerprint density at radius 2 is 1.82 bits per heavy atom. The quantitative estimate of drug-likeness (QED) is 0.815. The topological polar surface area (TPSA) is 32.6 Å². The van der Waals surface area contributed by atoms with Crippen molar-refractivity contribution in [2.45, 2.75) is 0 Å². The number of pyridine rings is 1. The lowest BCUT2D eigenvalue weighted by atomic mass is 10.2. The molecule has 1 aromatic heterocycles. The molecule has 4 nitrogen and oxygen atoms in total. The number of nitrogens with zero attached hydrogens (tertiary/aromatic N) is 2. The van der Waals surface area contributed by atoms with Gasteiger partial charge in [0.15, 0.2) is 17.5 Å². The average molecular weight is 378 g/mol. The molecule has 2 heterocycles. The van der Waals surface area contributed by atoms with Crippen LogP contribution in [0, 0.1) is 0 Å². The third-order valence-corrected chi connectivity index (χ3v) is 4.56. The Kier molecular flexibility index (Phi) is 4.90. The molecule has 0 atom stereocenters. The summed E-state index contributed by atoms with van der Waals surface area (Å²) in [5.74, 6) is 0. The number of hydrogen-bond donors (Lipinski definition) is 1. The summed E-state index contributed by atoms with van der Waals surface area (Å²) < 4.78 is 1.05. The van der Waals surface area contributed by atoms with E-state index in [1.807, 2.05) is 36.7 Å². The highest BCUT2D eigenvalue weighted by Gasteiger charge is 2.19. The first kappa shape index (κ1) is 15.2. The Balaban J connectivity index is 1.56. The van der Waals surface area contributed by atoms with Crippen LogP contribution in [0.5, 0.6) is 0 Å². The zero-order chi connectivity index (χ0) is 15.4. The molecule has 1 aliphatic heterocycles. The van der Waals surface area contributed by atoms with Crippen molar-refractivity contribution >= 4 is 44.6 Å². The summed E-state index contributed by atoms with van der Waals surface area (Å²) >= 11 is 9.01. The van der Waals surface area contributed by atoms with E-state index in [-0.39, 0.29) is 0 Å². The molecule has 0 bridgehead atoms. The third kappa shape index (κ3) is 3.75. The molecule has 2 aromatic rings. The van der Waals surface area contributed by atoms with Crippen molar-refractivity contribution in [1.29, 1.82) is 0 Å². The van der Waals surface area contributed by atoms with Crippen LogP contribution in [-0.2, 0) is 0 Å². The molecule has 0 aliphatic carbocycles. The maximum Gasteiger partial charge on any atom is 0.173 e. The van der Waals surface area contributed by atoms with Gasteiger partial charge in [0, 0.05) is 54.2 Å². The van der Waals surface area contributed by atoms with Gasteiger partial charge in [-0.25, -0.2) is 4.98 Å². The van der Waals surface area contributed by atoms with E-state index in [4.69, 9.17) is 12.2 Å². The van der Waals surface area contributed by atoms with Crippen LogP contribution >= 0.6 is 28.1 Å². The van der Waals surface area contributed by atoms with Gasteiger partial charge in [-0.2, -0.15) is 0 Å². The van der Waals surface area contributed by atoms with Crippen LogP contribution in [0.1, 0.15) is 0 Å². The van der Waals surface area contributed by atoms with Crippen molar-refractivity contribution in [2.24, 2.45) is 0 Å². The Morgan fingerprint density at radius 1 is 1.09 bits per heavy atom. The molecule has 0 unspecified atom stereocenters. The predicted octanol–water partition coefficient (Wildman–Crippen LogP) is 2.78. The van der Waals surface area contributed by atoms with Gasteiger partial charge in [0.2, 0.25) is 0 Å². The number of H-pyrrole nitrogens is 1. The summed E-state index contributed by atoms with van der Waals surface area (Å²) in [6.07, 6.45) is 3.92. The summed E-state index contributed by atoms with van der Waals surface area (Å²) in [5.41, 5.74) is 2.27. The first-order valence-corrected chi connectivity index (χ1v) is 8.45. The van der Waals surface area contributed by atoms with Gasteiger partial charge in [-0.3, -0.25) is 0 Å². The molecule has 22 heavy (non-hydrogen) atoms. The largest absolute Gasteiger partial charge is 0.368 e. The van der Waals surface area contributed by atoms with Crippen molar-refractivity contribution in [1.82, 2.24) is 4.90 Å². The SMILES string of the molecule is S=C(Nc1cccc(Br)c1)N1CCN(c2cc[nH+]cc2)CC1. The van der Waals surface area contributed by atoms with Gasteiger partial charge >= 0.3 is 0 Å². The summed E-state index contributed by atoms with van der Waals surface area (Å²) in [7, 11) is 0. The number of rotatable bonds is 2. The molecule has 0 spiro atoms. The number of nitrogens with one attached hydrogen (secondary N) is 2. The minimum Gasteiger partial charge on any atom is -0.368 e. The molecule has 3 rings (SSSR count). The van der Waals surface area contributed by atoms with Crippen LogP contribution in [0.15, 0.2) is 53.3 Å². The predicted molar refractivity (Wildman–Crippen MR) is 97.1 cm³/mol. The Hall–Kier alpha value is -1.66. The highest BCUT2D eigenvalue weighted by atomic mass is 79.9. The van der Waals surface area contributed by atoms with Crippen LogP contribution in [0.4, 0.5) is 11.4 Å². The highest BCUT2D eigenvalue weighted by Crippen LogP contribution is 2.18. The fraction of sp³-hybridized carbons (Fsp3) is 0.250. The van der Waals surface area contributed by atoms with Crippen LogP contribution in [0.25, 0.3) is 0 Å². The number of anilines is 2. The Morgan fingerprint density at radius 3 is 2.50 bits per heavy atom. The third-order valence-electron chi connectivity index (χ3n) is 3.71. The lowest BCUT2D eigenvalue weighted by molar-refractivity contribution is -0.377. The summed E-state index contributed by atoms with van der Waals surface area (Å²) in [6.45, 7) is 3.81. The molecule has 1 aliphatic rings. The fourth-order valence-corrected chi connectivity index (χ4v) is 3.23. The summed E-state index contributed by atoms with van der Waals surface area (Å²) in [5, 5.41) is 4.10. The summed E-state index contributed by atoms with van der Waals surface area (Å²) in [6, 6.07) is 12.3. The minimum atomic E-state index is 0.791. The van der Waals surface area contributed by atoms with Gasteiger partial charge in [-0.1, -0.05) is 22.0 Å². The van der Waals surface area contributed by atoms with Crippen molar-refractivity contribution in [2.75, 3.05) is 36.4 Å². The molecule has 2 N–H and O–H groups in total. The molecule has 114 valence electrons. The number of aromatic nitrogens is 1. The second-order valence-corrected chi connectivity index (χ2v) is 6.48. The second-order valence-electron chi connectivity index (χ2n) is 5.17. The first-order valence-electron chi connectivity index (χ1n) is 7.25. The van der Waals surface area contributed by atoms with Crippen molar-refractivity contribution < 1.29 is 4.98 Å². The van der Waals surface area contributed by atoms with E-state index in [1.165, 1.54) is 5.69 Å². The molecule has 1 saturated heterocycles. The van der Waals surface area contributed by atoms with Gasteiger partial charge in [-0.05, 0) is 30.4 Å². The van der Waals surface area contributed by atoms with Crippen LogP contribution < -0.4 is 15.2 Å². The van der Waals surface area contributed by atoms with Crippen molar-refractivity contribution in [3.8, 4) is 0 Å². The smallest absolute Gasteiger partial charge is 0.173 e. The van der Waals surface area contributed by atoms with E-state index >= 15 is 0 Å². The standard InChI is InChI=1S/C16H17BrN4S/c17-13-2-1-3-14(12-13)19-16(22)21-10-8-20(9-11-21)15-4-6-18-7-5-15/h1-7,12H,8-11H2,(H,19,22)/p+1. The molecular formula is C16H18BrN4S+. The zero-order valence-corrected chi connectivity index (χ0v) is 14.5. The van der Waals surface area contributed by atoms with Crippen molar-refractivity contribution in [3.05, 3.63) is 53.3 Å². The van der Waals surface area contributed by atoms with E-state index in [1.54, 1.807) is 0 Å². The van der Waals surface area contributed by atoms with E-state index in [0.29, 0.717) is 0 Å². The van der Waals surface area contributed by atoms with E-state index in [2.05, 4.69) is 48.2 Å². The lowest BCUT2D eigenvalue weighted by Gasteiger charge is -2.37. The molecule has 0 radical (unpaired) electrons. The van der Waals surface area contributed by atoms with Crippen LogP contribution in [0.2, 0.25) is 0 Å². The maximum atomic E-state index is 5.53. The molecule has 1 fully saturated rings. The molecule has 0 saturated carbocycles. The average Bonchev–Trinajstić information content (AvgIpc) is 2.56. The number of piperazine rings is 1. The van der Waals surface area contributed by atoms with E-state index < -0.39 is 0 Å². The highest BCUT2D eigenvalue weighted by molar-refractivity contribution is 9.10. The van der Waals surface area contributed by atoms with Gasteiger partial charge < -0.3 is 15.1 Å². The van der Waals surface area contributed by atoms with Crippen LogP contribution in [0.3, 0.4) is 0 Å². The number of thiocarbonyl (C=S) groups is 1. The van der Waals surface area contributed by atoms with Gasteiger partial charge in [-0.15, -0.1) is 0 Å². The fourth-order valence-electron chi connectivity index (χ4n) is 2.53. The number of aromatic amines is 1. The maximum absolute atomic E-state index is 5.53. The molecule has 0 amide bonds. The second kappa shape index (κ2) is 7.07. The van der Waals surface area contributed by atoms with Gasteiger partial charge in [0.1, 0.15) is 0 Å². The van der Waals surface area contributed by atoms with Crippen LogP contribution in [-0.4, -0.2) is 36.2 Å². The van der Waals surface area contributed by atoms with E-state index in [0.717, 1.165) is 41.5 Å². The Labute approximate surface area is 144 Å². The zero-order valence-electron chi connectivity index (χ0n) is 12.1. The van der Waals surface area contributed by atoms with E-state index in [9.17, 15) is 0 Å². The monoisotopic (exact) mass is 377 g/mol. The first-order chi connectivity index (χ1) is 10.7. The number of halogens is 1. The van der Waals surface area contributed by atoms with Crippen molar-refractivity contribution in [3.63, 3.8) is 0 Å². The van der Waals surface area contributed by atoms with Gasteiger partial charge in [0.25, 0.3) is 0 Å². The molecular weight excluding hydrogens is 360 g/mol. The minimum absolute atomic E-state index is 0.791. The lowest BCUT2D eigenvalue weighted by Crippen LogP contribution is -2.50. The normalized spacial score (nSPS) is 14.8. The molecule has 6 heteroatoms. The number of hydrogen-bond acceptors (Lipinski definition) is 2. The molecule has 1 aromatic carbocycles.